The number of hydrogen-bond donors (Lipinski definition) is 0. The molecule has 0 aromatic carbocycles. The number of anilines is 1. The fourth-order valence-electron chi connectivity index (χ4n) is 2.06. The number of rotatable bonds is 2. The van der Waals surface area contributed by atoms with Gasteiger partial charge in [0.1, 0.15) is 6.17 Å². The second-order valence-corrected chi connectivity index (χ2v) is 6.42. The highest BCUT2D eigenvalue weighted by Gasteiger charge is 2.27. The lowest BCUT2D eigenvalue weighted by Gasteiger charge is -2.17. The molecule has 19 heavy (non-hydrogen) atoms. The highest BCUT2D eigenvalue weighted by Crippen LogP contribution is 2.21. The third kappa shape index (κ3) is 2.14. The van der Waals surface area contributed by atoms with E-state index in [4.69, 9.17) is 0 Å². The van der Waals surface area contributed by atoms with Crippen molar-refractivity contribution in [2.45, 2.75) is 17.7 Å². The van der Waals surface area contributed by atoms with Crippen LogP contribution in [0.4, 0.5) is 10.3 Å². The van der Waals surface area contributed by atoms with Crippen molar-refractivity contribution in [3.8, 4) is 0 Å². The molecule has 1 fully saturated rings. The highest BCUT2D eigenvalue weighted by molar-refractivity contribution is 7.90. The molecule has 0 N–H and O–H groups in total. The van der Waals surface area contributed by atoms with Crippen LogP contribution >= 0.6 is 0 Å². The smallest absolute Gasteiger partial charge is 0.252 e. The zero-order valence-electron chi connectivity index (χ0n) is 10.2. The van der Waals surface area contributed by atoms with Crippen molar-refractivity contribution in [2.24, 2.45) is 0 Å². The number of halogens is 1. The zero-order valence-corrected chi connectivity index (χ0v) is 11.0. The summed E-state index contributed by atoms with van der Waals surface area (Å²) in [5, 5.41) is 3.78. The zero-order chi connectivity index (χ0) is 13.6. The Morgan fingerprint density at radius 3 is 2.84 bits per heavy atom. The highest BCUT2D eigenvalue weighted by atomic mass is 32.2. The van der Waals surface area contributed by atoms with E-state index >= 15 is 0 Å². The van der Waals surface area contributed by atoms with Crippen LogP contribution in [0.1, 0.15) is 6.42 Å². The molecule has 0 amide bonds. The van der Waals surface area contributed by atoms with E-state index in [2.05, 4.69) is 15.1 Å². The van der Waals surface area contributed by atoms with E-state index < -0.39 is 16.0 Å². The van der Waals surface area contributed by atoms with Crippen molar-refractivity contribution < 1.29 is 12.8 Å². The first-order chi connectivity index (χ1) is 8.95. The molecule has 102 valence electrons. The SMILES string of the molecule is CS(=O)(=O)c1nc(N2CCC(F)C2)n2nccc2n1. The fourth-order valence-corrected chi connectivity index (χ4v) is 2.57. The summed E-state index contributed by atoms with van der Waals surface area (Å²) in [6, 6.07) is 1.59. The first kappa shape index (κ1) is 12.3. The molecule has 1 unspecified atom stereocenters. The van der Waals surface area contributed by atoms with Crippen molar-refractivity contribution >= 4 is 21.4 Å². The van der Waals surface area contributed by atoms with Gasteiger partial charge in [-0.2, -0.15) is 19.6 Å². The lowest BCUT2D eigenvalue weighted by atomic mass is 10.3. The topological polar surface area (TPSA) is 80.5 Å². The molecule has 7 nitrogen and oxygen atoms in total. The molecular weight excluding hydrogens is 273 g/mol. The summed E-state index contributed by atoms with van der Waals surface area (Å²) in [5.41, 5.74) is 0.382. The summed E-state index contributed by atoms with van der Waals surface area (Å²) < 4.78 is 37.9. The van der Waals surface area contributed by atoms with Crippen LogP contribution in [0.25, 0.3) is 5.65 Å². The van der Waals surface area contributed by atoms with Gasteiger partial charge in [-0.25, -0.2) is 12.8 Å². The minimum Gasteiger partial charge on any atom is -0.338 e. The van der Waals surface area contributed by atoms with Crippen LogP contribution < -0.4 is 4.90 Å². The van der Waals surface area contributed by atoms with E-state index in [0.29, 0.717) is 24.6 Å². The average molecular weight is 285 g/mol. The molecule has 1 aliphatic heterocycles. The molecule has 0 bridgehead atoms. The molecule has 0 aliphatic carbocycles. The van der Waals surface area contributed by atoms with Crippen LogP contribution in [-0.2, 0) is 9.84 Å². The van der Waals surface area contributed by atoms with Crippen LogP contribution in [-0.4, -0.2) is 53.5 Å². The summed E-state index contributed by atoms with van der Waals surface area (Å²) in [4.78, 5) is 9.64. The quantitative estimate of drug-likeness (QED) is 0.777. The van der Waals surface area contributed by atoms with Crippen LogP contribution in [0.3, 0.4) is 0 Å². The monoisotopic (exact) mass is 285 g/mol. The first-order valence-corrected chi connectivity index (χ1v) is 7.65. The maximum Gasteiger partial charge on any atom is 0.252 e. The average Bonchev–Trinajstić information content (AvgIpc) is 2.94. The minimum atomic E-state index is -3.52. The van der Waals surface area contributed by atoms with Crippen molar-refractivity contribution in [3.05, 3.63) is 12.3 Å². The standard InChI is InChI=1S/C10H12FN5O2S/c1-19(17,18)9-13-8-2-4-12-16(8)10(14-9)15-5-3-7(11)6-15/h2,4,7H,3,5-6H2,1H3. The maximum atomic E-state index is 13.3. The first-order valence-electron chi connectivity index (χ1n) is 5.76. The van der Waals surface area contributed by atoms with Crippen molar-refractivity contribution in [1.29, 1.82) is 0 Å². The molecule has 2 aromatic rings. The molecule has 0 spiro atoms. The normalized spacial score (nSPS) is 20.3. The predicted molar refractivity (Wildman–Crippen MR) is 65.6 cm³/mol. The molecular formula is C10H12FN5O2S. The summed E-state index contributed by atoms with van der Waals surface area (Å²) >= 11 is 0. The van der Waals surface area contributed by atoms with Crippen LogP contribution in [0, 0.1) is 0 Å². The van der Waals surface area contributed by atoms with E-state index in [0.717, 1.165) is 6.26 Å². The van der Waals surface area contributed by atoms with Gasteiger partial charge in [0.25, 0.3) is 5.16 Å². The van der Waals surface area contributed by atoms with Crippen LogP contribution in [0.2, 0.25) is 0 Å². The van der Waals surface area contributed by atoms with Gasteiger partial charge in [-0.3, -0.25) is 0 Å². The van der Waals surface area contributed by atoms with Gasteiger partial charge < -0.3 is 4.90 Å². The van der Waals surface area contributed by atoms with Gasteiger partial charge in [0.15, 0.2) is 5.65 Å². The van der Waals surface area contributed by atoms with Crippen molar-refractivity contribution in [3.63, 3.8) is 0 Å². The Morgan fingerprint density at radius 1 is 1.42 bits per heavy atom. The lowest BCUT2D eigenvalue weighted by Crippen LogP contribution is -2.25. The number of alkyl halides is 1. The number of fused-ring (bicyclic) bond motifs is 1. The molecule has 9 heteroatoms. The van der Waals surface area contributed by atoms with Gasteiger partial charge in [0.2, 0.25) is 15.8 Å². The van der Waals surface area contributed by atoms with Gasteiger partial charge in [-0.1, -0.05) is 0 Å². The lowest BCUT2D eigenvalue weighted by molar-refractivity contribution is 0.364. The Labute approximate surface area is 109 Å². The Balaban J connectivity index is 2.19. The molecule has 2 aromatic heterocycles. The molecule has 1 atom stereocenters. The number of aromatic nitrogens is 4. The van der Waals surface area contributed by atoms with Crippen LogP contribution in [0.15, 0.2) is 17.4 Å². The van der Waals surface area contributed by atoms with Crippen molar-refractivity contribution in [2.75, 3.05) is 24.2 Å². The summed E-state index contributed by atoms with van der Waals surface area (Å²) in [6.07, 6.45) is 2.02. The largest absolute Gasteiger partial charge is 0.338 e. The molecule has 0 saturated carbocycles. The minimum absolute atomic E-state index is 0.190. The summed E-state index contributed by atoms with van der Waals surface area (Å²) in [6.45, 7) is 0.672. The van der Waals surface area contributed by atoms with Gasteiger partial charge in [-0.15, -0.1) is 0 Å². The van der Waals surface area contributed by atoms with Crippen LogP contribution in [0.5, 0.6) is 0 Å². The third-order valence-electron chi connectivity index (χ3n) is 2.96. The van der Waals surface area contributed by atoms with E-state index in [1.807, 2.05) is 0 Å². The van der Waals surface area contributed by atoms with E-state index in [1.165, 1.54) is 10.7 Å². The molecule has 3 rings (SSSR count). The second-order valence-electron chi connectivity index (χ2n) is 4.51. The number of sulfone groups is 1. The number of hydrogen-bond acceptors (Lipinski definition) is 6. The van der Waals surface area contributed by atoms with Crippen molar-refractivity contribution in [1.82, 2.24) is 19.6 Å². The predicted octanol–water partition coefficient (Wildman–Crippen LogP) is 0.0760. The Bertz CT molecular complexity index is 729. The molecule has 1 aliphatic rings. The van der Waals surface area contributed by atoms with Gasteiger partial charge in [-0.05, 0) is 6.42 Å². The van der Waals surface area contributed by atoms with Gasteiger partial charge in [0.05, 0.1) is 12.7 Å². The Kier molecular flexibility index (Phi) is 2.66. The molecule has 0 radical (unpaired) electrons. The van der Waals surface area contributed by atoms with E-state index in [9.17, 15) is 12.8 Å². The van der Waals surface area contributed by atoms with Gasteiger partial charge >= 0.3 is 0 Å². The molecule has 3 heterocycles. The number of nitrogens with zero attached hydrogens (tertiary/aromatic N) is 5. The van der Waals surface area contributed by atoms with E-state index in [-0.39, 0.29) is 11.7 Å². The Hall–Kier alpha value is -1.77. The summed E-state index contributed by atoms with van der Waals surface area (Å²) in [5.74, 6) is 0.315. The van der Waals surface area contributed by atoms with E-state index in [1.54, 1.807) is 11.0 Å². The molecule has 1 saturated heterocycles. The Morgan fingerprint density at radius 2 is 2.21 bits per heavy atom. The third-order valence-corrected chi connectivity index (χ3v) is 3.81. The van der Waals surface area contributed by atoms with Gasteiger partial charge in [0, 0.05) is 18.9 Å². The second kappa shape index (κ2) is 4.12. The fraction of sp³-hybridized carbons (Fsp3) is 0.500. The maximum absolute atomic E-state index is 13.3. The summed E-state index contributed by atoms with van der Waals surface area (Å²) in [7, 11) is -3.52.